The van der Waals surface area contributed by atoms with E-state index < -0.39 is 5.60 Å². The van der Waals surface area contributed by atoms with Gasteiger partial charge in [0, 0.05) is 0 Å². The normalized spacial score (nSPS) is 11.6. The second kappa shape index (κ2) is 3.97. The highest BCUT2D eigenvalue weighted by atomic mass is 16.3. The minimum absolute atomic E-state index is 0.706. The molecule has 1 aromatic rings. The molecule has 2 radical (unpaired) electrons. The van der Waals surface area contributed by atoms with Crippen molar-refractivity contribution < 1.29 is 5.11 Å². The predicted octanol–water partition coefficient (Wildman–Crippen LogP) is 1.49. The molecule has 0 unspecified atom stereocenters. The van der Waals surface area contributed by atoms with Crippen LogP contribution in [0.2, 0.25) is 0 Å². The van der Waals surface area contributed by atoms with Gasteiger partial charge < -0.3 is 5.11 Å². The van der Waals surface area contributed by atoms with Crippen molar-refractivity contribution in [3.05, 3.63) is 29.8 Å². The predicted molar refractivity (Wildman–Crippen MR) is 56.3 cm³/mol. The Hall–Kier alpha value is -0.755. The van der Waals surface area contributed by atoms with Crippen LogP contribution in [0.1, 0.15) is 32.3 Å². The lowest BCUT2D eigenvalue weighted by atomic mass is 9.84. The first-order chi connectivity index (χ1) is 6.12. The minimum Gasteiger partial charge on any atom is -0.385 e. The molecule has 13 heavy (non-hydrogen) atoms. The largest absolute Gasteiger partial charge is 0.385 e. The highest BCUT2D eigenvalue weighted by Crippen LogP contribution is 2.27. The summed E-state index contributed by atoms with van der Waals surface area (Å²) in [6.07, 6.45) is 1.43. The van der Waals surface area contributed by atoms with E-state index in [1.807, 2.05) is 38.1 Å². The van der Waals surface area contributed by atoms with E-state index in [9.17, 15) is 5.11 Å². The van der Waals surface area contributed by atoms with Gasteiger partial charge in [-0.05, 0) is 18.4 Å². The molecule has 0 saturated heterocycles. The lowest BCUT2D eigenvalue weighted by molar-refractivity contribution is 0.0284. The zero-order valence-corrected chi connectivity index (χ0v) is 8.25. The van der Waals surface area contributed by atoms with Crippen LogP contribution in [0.15, 0.2) is 24.3 Å². The Kier molecular flexibility index (Phi) is 3.15. The van der Waals surface area contributed by atoms with Gasteiger partial charge in [0.05, 0.1) is 5.60 Å². The van der Waals surface area contributed by atoms with E-state index in [2.05, 4.69) is 0 Å². The maximum absolute atomic E-state index is 10.2. The first-order valence-corrected chi connectivity index (χ1v) is 4.70. The van der Waals surface area contributed by atoms with Crippen molar-refractivity contribution in [2.24, 2.45) is 0 Å². The average Bonchev–Trinajstić information content (AvgIpc) is 2.17. The Morgan fingerprint density at radius 3 is 2.38 bits per heavy atom. The Balaban J connectivity index is 3.05. The second-order valence-corrected chi connectivity index (χ2v) is 3.36. The monoisotopic (exact) mass is 174 g/mol. The van der Waals surface area contributed by atoms with Crippen LogP contribution >= 0.6 is 0 Å². The summed E-state index contributed by atoms with van der Waals surface area (Å²) in [4.78, 5) is 0. The number of hydrogen-bond acceptors (Lipinski definition) is 1. The smallest absolute Gasteiger partial charge is 0.113 e. The Labute approximate surface area is 81.2 Å². The van der Waals surface area contributed by atoms with Crippen LogP contribution in [0.4, 0.5) is 0 Å². The Bertz CT molecular complexity index is 279. The fourth-order valence-electron chi connectivity index (χ4n) is 1.49. The molecule has 1 N–H and O–H groups in total. The van der Waals surface area contributed by atoms with Crippen molar-refractivity contribution in [3.63, 3.8) is 0 Å². The van der Waals surface area contributed by atoms with Gasteiger partial charge in [-0.2, -0.15) is 0 Å². The first kappa shape index (κ1) is 10.3. The highest BCUT2D eigenvalue weighted by molar-refractivity contribution is 6.32. The Morgan fingerprint density at radius 1 is 1.31 bits per heavy atom. The number of rotatable bonds is 3. The number of benzene rings is 1. The first-order valence-electron chi connectivity index (χ1n) is 4.70. The fourth-order valence-corrected chi connectivity index (χ4v) is 1.49. The lowest BCUT2D eigenvalue weighted by Crippen LogP contribution is -2.24. The van der Waals surface area contributed by atoms with Crippen molar-refractivity contribution >= 4 is 13.3 Å². The molecule has 0 amide bonds. The average molecular weight is 174 g/mol. The van der Waals surface area contributed by atoms with Gasteiger partial charge in [0.25, 0.3) is 0 Å². The van der Waals surface area contributed by atoms with Gasteiger partial charge in [0.15, 0.2) is 0 Å². The van der Waals surface area contributed by atoms with E-state index in [-0.39, 0.29) is 0 Å². The van der Waals surface area contributed by atoms with Crippen molar-refractivity contribution in [2.45, 2.75) is 32.3 Å². The molecular formula is C11H15BO. The fraction of sp³-hybridized carbons (Fsp3) is 0.455. The van der Waals surface area contributed by atoms with Crippen LogP contribution in [0.25, 0.3) is 0 Å². The molecule has 1 nitrogen and oxygen atoms in total. The third-order valence-electron chi connectivity index (χ3n) is 2.59. The van der Waals surface area contributed by atoms with Gasteiger partial charge in [-0.3, -0.25) is 0 Å². The van der Waals surface area contributed by atoms with Gasteiger partial charge in [-0.1, -0.05) is 43.6 Å². The molecule has 0 spiro atoms. The van der Waals surface area contributed by atoms with Crippen molar-refractivity contribution in [1.82, 2.24) is 0 Å². The van der Waals surface area contributed by atoms with Gasteiger partial charge in [0.2, 0.25) is 0 Å². The quantitative estimate of drug-likeness (QED) is 0.688. The summed E-state index contributed by atoms with van der Waals surface area (Å²) in [6, 6.07) is 7.46. The lowest BCUT2D eigenvalue weighted by Gasteiger charge is -2.26. The van der Waals surface area contributed by atoms with E-state index in [0.717, 1.165) is 5.56 Å². The molecule has 0 fully saturated rings. The molecule has 0 aromatic heterocycles. The van der Waals surface area contributed by atoms with Crippen LogP contribution in [-0.4, -0.2) is 13.0 Å². The molecule has 0 atom stereocenters. The molecule has 0 saturated carbocycles. The number of aliphatic hydroxyl groups is 1. The SMILES string of the molecule is [B]c1cccc(C(O)(CC)CC)c1. The molecule has 1 aromatic carbocycles. The van der Waals surface area contributed by atoms with Gasteiger partial charge in [-0.25, -0.2) is 0 Å². The topological polar surface area (TPSA) is 20.2 Å². The summed E-state index contributed by atoms with van der Waals surface area (Å²) in [6.45, 7) is 3.96. The number of hydrogen-bond donors (Lipinski definition) is 1. The maximum atomic E-state index is 10.2. The van der Waals surface area contributed by atoms with E-state index in [4.69, 9.17) is 7.85 Å². The summed E-state index contributed by atoms with van der Waals surface area (Å²) in [5.41, 5.74) is 0.908. The molecule has 0 heterocycles. The minimum atomic E-state index is -0.713. The van der Waals surface area contributed by atoms with Crippen LogP contribution in [-0.2, 0) is 5.60 Å². The highest BCUT2D eigenvalue weighted by Gasteiger charge is 2.24. The summed E-state index contributed by atoms with van der Waals surface area (Å²) in [5, 5.41) is 10.2. The van der Waals surface area contributed by atoms with Crippen LogP contribution in [0.5, 0.6) is 0 Å². The molecule has 2 heteroatoms. The van der Waals surface area contributed by atoms with Crippen molar-refractivity contribution in [2.75, 3.05) is 0 Å². The van der Waals surface area contributed by atoms with E-state index in [0.29, 0.717) is 18.3 Å². The van der Waals surface area contributed by atoms with Crippen molar-refractivity contribution in [3.8, 4) is 0 Å². The molecule has 0 aliphatic rings. The van der Waals surface area contributed by atoms with E-state index in [1.165, 1.54) is 0 Å². The van der Waals surface area contributed by atoms with Gasteiger partial charge in [0.1, 0.15) is 7.85 Å². The molecule has 0 bridgehead atoms. The summed E-state index contributed by atoms with van der Waals surface area (Å²) >= 11 is 0. The van der Waals surface area contributed by atoms with E-state index in [1.54, 1.807) is 0 Å². The summed E-state index contributed by atoms with van der Waals surface area (Å²) in [7, 11) is 5.65. The van der Waals surface area contributed by atoms with Crippen LogP contribution in [0.3, 0.4) is 0 Å². The third-order valence-corrected chi connectivity index (χ3v) is 2.59. The second-order valence-electron chi connectivity index (χ2n) is 3.36. The summed E-state index contributed by atoms with van der Waals surface area (Å²) in [5.74, 6) is 0. The summed E-state index contributed by atoms with van der Waals surface area (Å²) < 4.78 is 0. The Morgan fingerprint density at radius 2 is 1.92 bits per heavy atom. The zero-order valence-electron chi connectivity index (χ0n) is 8.25. The molecule has 0 aliphatic carbocycles. The van der Waals surface area contributed by atoms with Crippen molar-refractivity contribution in [1.29, 1.82) is 0 Å². The van der Waals surface area contributed by atoms with Gasteiger partial charge >= 0.3 is 0 Å². The van der Waals surface area contributed by atoms with E-state index >= 15 is 0 Å². The van der Waals surface area contributed by atoms with Crippen LogP contribution < -0.4 is 5.46 Å². The third kappa shape index (κ3) is 2.13. The standard InChI is InChI=1S/C11H15BO/c1-3-11(13,4-2)9-6-5-7-10(12)8-9/h5-8,13H,3-4H2,1-2H3. The van der Waals surface area contributed by atoms with Gasteiger partial charge in [-0.15, -0.1) is 0 Å². The zero-order chi connectivity index (χ0) is 9.90. The molecule has 0 aliphatic heterocycles. The van der Waals surface area contributed by atoms with Crippen LogP contribution in [0, 0.1) is 0 Å². The molecular weight excluding hydrogens is 159 g/mol. The molecule has 68 valence electrons. The maximum Gasteiger partial charge on any atom is 0.113 e. The molecule has 1 rings (SSSR count).